The van der Waals surface area contributed by atoms with Crippen LogP contribution in [0.3, 0.4) is 0 Å². The van der Waals surface area contributed by atoms with Gasteiger partial charge in [0.25, 0.3) is 11.8 Å². The molecule has 2 rings (SSSR count). The molecule has 0 fully saturated rings. The largest absolute Gasteiger partial charge is 0.465 e. The van der Waals surface area contributed by atoms with E-state index in [4.69, 9.17) is 5.11 Å². The zero-order chi connectivity index (χ0) is 14.7. The third-order valence-corrected chi connectivity index (χ3v) is 2.86. The Morgan fingerprint density at radius 3 is 2.25 bits per heavy atom. The predicted octanol–water partition coefficient (Wildman–Crippen LogP) is 1.40. The third-order valence-electron chi connectivity index (χ3n) is 2.86. The van der Waals surface area contributed by atoms with Crippen LogP contribution in [-0.2, 0) is 0 Å². The van der Waals surface area contributed by atoms with E-state index < -0.39 is 17.9 Å². The maximum atomic E-state index is 12.7. The van der Waals surface area contributed by atoms with Gasteiger partial charge in [-0.1, -0.05) is 12.1 Å². The summed E-state index contributed by atoms with van der Waals surface area (Å²) >= 11 is 0. The summed E-state index contributed by atoms with van der Waals surface area (Å²) in [5, 5.41) is 10.4. The number of carbonyl (C=O) groups excluding carboxylic acids is 2. The summed E-state index contributed by atoms with van der Waals surface area (Å²) in [5.41, 5.74) is 0.519. The van der Waals surface area contributed by atoms with Crippen LogP contribution in [-0.4, -0.2) is 41.0 Å². The number of amides is 3. The van der Waals surface area contributed by atoms with Crippen LogP contribution in [0.4, 0.5) is 9.18 Å². The van der Waals surface area contributed by atoms with Crippen molar-refractivity contribution in [3.63, 3.8) is 0 Å². The maximum absolute atomic E-state index is 12.7. The van der Waals surface area contributed by atoms with Crippen molar-refractivity contribution in [2.75, 3.05) is 13.1 Å². The van der Waals surface area contributed by atoms with Gasteiger partial charge >= 0.3 is 6.09 Å². The normalized spacial score (nSPS) is 14.4. The molecule has 3 amide bonds. The Bertz CT molecular complexity index is 577. The molecule has 1 aromatic rings. The Hall–Kier alpha value is -2.70. The number of fused-ring (bicyclic) bond motifs is 1. The van der Waals surface area contributed by atoms with Gasteiger partial charge in [-0.2, -0.15) is 0 Å². The van der Waals surface area contributed by atoms with Crippen molar-refractivity contribution in [1.29, 1.82) is 0 Å². The highest BCUT2D eigenvalue weighted by Gasteiger charge is 2.35. The SMILES string of the molecule is O=C(O)NC/C(=C/F)CN1C(=O)c2ccccc2C1=O. The highest BCUT2D eigenvalue weighted by Crippen LogP contribution is 2.23. The second-order valence-corrected chi connectivity index (χ2v) is 4.17. The molecule has 1 heterocycles. The van der Waals surface area contributed by atoms with E-state index in [1.165, 1.54) is 12.1 Å². The molecule has 2 N–H and O–H groups in total. The number of halogens is 1. The fraction of sp³-hybridized carbons (Fsp3) is 0.154. The first-order valence-electron chi connectivity index (χ1n) is 5.74. The molecule has 0 unspecified atom stereocenters. The van der Waals surface area contributed by atoms with Crippen LogP contribution in [0.1, 0.15) is 20.7 Å². The first-order valence-corrected chi connectivity index (χ1v) is 5.74. The van der Waals surface area contributed by atoms with E-state index in [-0.39, 0.29) is 36.1 Å². The van der Waals surface area contributed by atoms with Gasteiger partial charge < -0.3 is 10.4 Å². The molecule has 0 saturated carbocycles. The molecular formula is C13H11FN2O4. The van der Waals surface area contributed by atoms with Gasteiger partial charge in [0.2, 0.25) is 0 Å². The number of hydrogen-bond acceptors (Lipinski definition) is 3. The zero-order valence-electron chi connectivity index (χ0n) is 10.3. The van der Waals surface area contributed by atoms with Gasteiger partial charge in [0.15, 0.2) is 0 Å². The standard InChI is InChI=1S/C13H11FN2O4/c14-5-8(6-15-13(19)20)7-16-11(17)9-3-1-2-4-10(9)12(16)18/h1-5,15H,6-7H2,(H,19,20)/b8-5-. The molecule has 0 aromatic heterocycles. The fourth-order valence-electron chi connectivity index (χ4n) is 1.90. The van der Waals surface area contributed by atoms with Gasteiger partial charge in [0, 0.05) is 6.54 Å². The highest BCUT2D eigenvalue weighted by atomic mass is 19.1. The number of rotatable bonds is 4. The molecule has 7 heteroatoms. The second-order valence-electron chi connectivity index (χ2n) is 4.17. The molecule has 0 saturated heterocycles. The van der Waals surface area contributed by atoms with Gasteiger partial charge in [-0.15, -0.1) is 0 Å². The van der Waals surface area contributed by atoms with Crippen LogP contribution in [0.25, 0.3) is 0 Å². The second kappa shape index (κ2) is 5.52. The Balaban J connectivity index is 2.14. The van der Waals surface area contributed by atoms with Crippen molar-refractivity contribution in [3.8, 4) is 0 Å². The van der Waals surface area contributed by atoms with Crippen LogP contribution in [0.5, 0.6) is 0 Å². The Morgan fingerprint density at radius 2 is 1.80 bits per heavy atom. The number of carboxylic acid groups (broad SMARTS) is 1. The quantitative estimate of drug-likeness (QED) is 0.815. The number of hydrogen-bond donors (Lipinski definition) is 2. The Labute approximate surface area is 113 Å². The molecule has 1 aliphatic heterocycles. The molecule has 6 nitrogen and oxygen atoms in total. The van der Waals surface area contributed by atoms with Crippen LogP contribution in [0.2, 0.25) is 0 Å². The number of carbonyl (C=O) groups is 3. The lowest BCUT2D eigenvalue weighted by molar-refractivity contribution is 0.0667. The van der Waals surface area contributed by atoms with Crippen molar-refractivity contribution >= 4 is 17.9 Å². The van der Waals surface area contributed by atoms with E-state index in [1.54, 1.807) is 12.1 Å². The first kappa shape index (κ1) is 13.7. The minimum atomic E-state index is -1.31. The smallest absolute Gasteiger partial charge is 0.404 e. The number of nitrogens with one attached hydrogen (secondary N) is 1. The average Bonchev–Trinajstić information content (AvgIpc) is 2.68. The highest BCUT2D eigenvalue weighted by molar-refractivity contribution is 6.21. The number of benzene rings is 1. The van der Waals surface area contributed by atoms with Crippen LogP contribution >= 0.6 is 0 Å². The molecule has 1 aliphatic rings. The summed E-state index contributed by atoms with van der Waals surface area (Å²) in [7, 11) is 0. The fourth-order valence-corrected chi connectivity index (χ4v) is 1.90. The summed E-state index contributed by atoms with van der Waals surface area (Å²) in [4.78, 5) is 35.3. The van der Waals surface area contributed by atoms with Crippen LogP contribution in [0, 0.1) is 0 Å². The van der Waals surface area contributed by atoms with Crippen molar-refractivity contribution in [2.24, 2.45) is 0 Å². The third kappa shape index (κ3) is 2.51. The lowest BCUT2D eigenvalue weighted by atomic mass is 10.1. The molecular weight excluding hydrogens is 267 g/mol. The predicted molar refractivity (Wildman–Crippen MR) is 67.0 cm³/mol. The molecule has 20 heavy (non-hydrogen) atoms. The van der Waals surface area contributed by atoms with Crippen molar-refractivity contribution in [1.82, 2.24) is 10.2 Å². The topological polar surface area (TPSA) is 86.7 Å². The Kier molecular flexibility index (Phi) is 3.79. The first-order chi connectivity index (χ1) is 9.54. The van der Waals surface area contributed by atoms with Gasteiger partial charge in [0.05, 0.1) is 24.0 Å². The van der Waals surface area contributed by atoms with E-state index >= 15 is 0 Å². The van der Waals surface area contributed by atoms with E-state index in [0.29, 0.717) is 0 Å². The molecule has 104 valence electrons. The molecule has 0 atom stereocenters. The van der Waals surface area contributed by atoms with Gasteiger partial charge in [-0.05, 0) is 17.7 Å². The molecule has 0 aliphatic carbocycles. The van der Waals surface area contributed by atoms with E-state index in [9.17, 15) is 18.8 Å². The van der Waals surface area contributed by atoms with E-state index in [1.807, 2.05) is 5.32 Å². The van der Waals surface area contributed by atoms with E-state index in [0.717, 1.165) is 4.90 Å². The lowest BCUT2D eigenvalue weighted by Gasteiger charge is -2.15. The molecule has 0 bridgehead atoms. The minimum absolute atomic E-state index is 0.0121. The van der Waals surface area contributed by atoms with Crippen molar-refractivity contribution < 1.29 is 23.9 Å². The summed E-state index contributed by atoms with van der Waals surface area (Å²) in [6.07, 6.45) is -1.12. The molecule has 0 spiro atoms. The summed E-state index contributed by atoms with van der Waals surface area (Å²) in [6.45, 7) is -0.581. The lowest BCUT2D eigenvalue weighted by Crippen LogP contribution is -2.34. The molecule has 0 radical (unpaired) electrons. The number of nitrogens with zero attached hydrogens (tertiary/aromatic N) is 1. The summed E-state index contributed by atoms with van der Waals surface area (Å²) < 4.78 is 12.7. The summed E-state index contributed by atoms with van der Waals surface area (Å²) in [6, 6.07) is 6.30. The average molecular weight is 278 g/mol. The zero-order valence-corrected chi connectivity index (χ0v) is 10.3. The number of imide groups is 1. The van der Waals surface area contributed by atoms with Crippen LogP contribution < -0.4 is 5.32 Å². The molecule has 1 aromatic carbocycles. The van der Waals surface area contributed by atoms with Crippen molar-refractivity contribution in [3.05, 3.63) is 47.3 Å². The summed E-state index contributed by atoms with van der Waals surface area (Å²) in [5.74, 6) is -1.03. The van der Waals surface area contributed by atoms with Crippen molar-refractivity contribution in [2.45, 2.75) is 0 Å². The van der Waals surface area contributed by atoms with Gasteiger partial charge in [-0.25, -0.2) is 9.18 Å². The minimum Gasteiger partial charge on any atom is -0.465 e. The maximum Gasteiger partial charge on any atom is 0.404 e. The van der Waals surface area contributed by atoms with Gasteiger partial charge in [0.1, 0.15) is 0 Å². The van der Waals surface area contributed by atoms with E-state index in [2.05, 4.69) is 0 Å². The van der Waals surface area contributed by atoms with Crippen LogP contribution in [0.15, 0.2) is 36.2 Å². The van der Waals surface area contributed by atoms with Gasteiger partial charge in [-0.3, -0.25) is 14.5 Å². The Morgan fingerprint density at radius 1 is 1.25 bits per heavy atom. The monoisotopic (exact) mass is 278 g/mol.